The van der Waals surface area contributed by atoms with E-state index in [2.05, 4.69) is 15.3 Å². The zero-order chi connectivity index (χ0) is 17.0. The fraction of sp³-hybridized carbons (Fsp3) is 0.267. The van der Waals surface area contributed by atoms with E-state index >= 15 is 0 Å². The van der Waals surface area contributed by atoms with Gasteiger partial charge in [0.1, 0.15) is 5.56 Å². The molecule has 2 rings (SSSR count). The monoisotopic (exact) mass is 371 g/mol. The molecule has 0 unspecified atom stereocenters. The predicted molar refractivity (Wildman–Crippen MR) is 94.0 cm³/mol. The molecule has 0 aliphatic rings. The fourth-order valence-corrected chi connectivity index (χ4v) is 2.54. The van der Waals surface area contributed by atoms with Gasteiger partial charge in [0.25, 0.3) is 5.91 Å². The minimum atomic E-state index is -0.441. The zero-order valence-corrected chi connectivity index (χ0v) is 15.1. The topological polar surface area (TPSA) is 64.1 Å². The number of nitrogens with zero attached hydrogens (tertiary/aromatic N) is 2. The van der Waals surface area contributed by atoms with Gasteiger partial charge in [0.15, 0.2) is 5.16 Å². The van der Waals surface area contributed by atoms with E-state index in [1.165, 1.54) is 18.0 Å². The summed E-state index contributed by atoms with van der Waals surface area (Å²) in [5, 5.41) is 3.89. The van der Waals surface area contributed by atoms with Crippen LogP contribution in [0.15, 0.2) is 29.6 Å². The molecule has 0 atom stereocenters. The quantitative estimate of drug-likeness (QED) is 0.616. The standard InChI is InChI=1S/C15H15Cl2N3O2S/c1-8(2)22-14-9(7-18-15(20-14)23-3)13(21)19-12-10(16)5-4-6-11(12)17/h4-8H,1-3H3,(H,19,21). The van der Waals surface area contributed by atoms with Crippen LogP contribution in [0.25, 0.3) is 0 Å². The summed E-state index contributed by atoms with van der Waals surface area (Å²) in [4.78, 5) is 20.9. The Kier molecular flexibility index (Phi) is 6.10. The molecule has 1 heterocycles. The average Bonchev–Trinajstić information content (AvgIpc) is 2.50. The summed E-state index contributed by atoms with van der Waals surface area (Å²) < 4.78 is 5.62. The van der Waals surface area contributed by atoms with Gasteiger partial charge in [-0.2, -0.15) is 4.98 Å². The van der Waals surface area contributed by atoms with Gasteiger partial charge >= 0.3 is 0 Å². The minimum absolute atomic E-state index is 0.130. The zero-order valence-electron chi connectivity index (χ0n) is 12.8. The van der Waals surface area contributed by atoms with Crippen LogP contribution in [0.5, 0.6) is 5.88 Å². The van der Waals surface area contributed by atoms with Gasteiger partial charge in [-0.3, -0.25) is 4.79 Å². The summed E-state index contributed by atoms with van der Waals surface area (Å²) in [6.07, 6.45) is 3.14. The molecule has 2 aromatic rings. The van der Waals surface area contributed by atoms with Crippen LogP contribution >= 0.6 is 35.0 Å². The number of nitrogens with one attached hydrogen (secondary N) is 1. The van der Waals surface area contributed by atoms with Crippen molar-refractivity contribution in [1.82, 2.24) is 9.97 Å². The van der Waals surface area contributed by atoms with Crippen LogP contribution in [-0.4, -0.2) is 28.2 Å². The molecule has 0 saturated heterocycles. The highest BCUT2D eigenvalue weighted by atomic mass is 35.5. The molecule has 8 heteroatoms. The first-order valence-corrected chi connectivity index (χ1v) is 8.73. The molecule has 0 bridgehead atoms. The van der Waals surface area contributed by atoms with Crippen LogP contribution in [0.2, 0.25) is 10.0 Å². The van der Waals surface area contributed by atoms with Gasteiger partial charge in [-0.1, -0.05) is 41.0 Å². The number of rotatable bonds is 5. The highest BCUT2D eigenvalue weighted by molar-refractivity contribution is 7.98. The van der Waals surface area contributed by atoms with Crippen LogP contribution in [0, 0.1) is 0 Å². The van der Waals surface area contributed by atoms with E-state index in [0.29, 0.717) is 20.9 Å². The van der Waals surface area contributed by atoms with Crippen molar-refractivity contribution in [3.05, 3.63) is 40.0 Å². The van der Waals surface area contributed by atoms with Crippen molar-refractivity contribution in [2.45, 2.75) is 25.1 Å². The van der Waals surface area contributed by atoms with Crippen LogP contribution in [0.1, 0.15) is 24.2 Å². The molecule has 0 saturated carbocycles. The van der Waals surface area contributed by atoms with Gasteiger partial charge in [0.05, 0.1) is 21.8 Å². The summed E-state index contributed by atoms with van der Waals surface area (Å²) in [5.41, 5.74) is 0.553. The summed E-state index contributed by atoms with van der Waals surface area (Å²) >= 11 is 13.5. The van der Waals surface area contributed by atoms with Crippen molar-refractivity contribution in [3.63, 3.8) is 0 Å². The molecule has 122 valence electrons. The Balaban J connectivity index is 2.35. The van der Waals surface area contributed by atoms with Crippen molar-refractivity contribution >= 4 is 46.6 Å². The second kappa shape index (κ2) is 7.86. The van der Waals surface area contributed by atoms with Crippen molar-refractivity contribution in [3.8, 4) is 5.88 Å². The number of thioether (sulfide) groups is 1. The first kappa shape index (κ1) is 17.8. The maximum atomic E-state index is 12.5. The fourth-order valence-electron chi connectivity index (χ4n) is 1.72. The van der Waals surface area contributed by atoms with Gasteiger partial charge in [0, 0.05) is 6.20 Å². The number of ether oxygens (including phenoxy) is 1. The maximum absolute atomic E-state index is 12.5. The molecular weight excluding hydrogens is 357 g/mol. The number of carbonyl (C=O) groups is 1. The molecule has 0 spiro atoms. The third-order valence-corrected chi connectivity index (χ3v) is 3.90. The van der Waals surface area contributed by atoms with Crippen molar-refractivity contribution in [2.75, 3.05) is 11.6 Å². The number of para-hydroxylation sites is 1. The van der Waals surface area contributed by atoms with Gasteiger partial charge in [-0.25, -0.2) is 4.98 Å². The van der Waals surface area contributed by atoms with E-state index in [9.17, 15) is 4.79 Å². The molecule has 1 N–H and O–H groups in total. The van der Waals surface area contributed by atoms with Crippen LogP contribution in [0.4, 0.5) is 5.69 Å². The molecule has 1 amide bonds. The second-order valence-electron chi connectivity index (χ2n) is 4.79. The van der Waals surface area contributed by atoms with E-state index < -0.39 is 5.91 Å². The highest BCUT2D eigenvalue weighted by Gasteiger charge is 2.19. The Bertz CT molecular complexity index is 706. The Hall–Kier alpha value is -1.50. The van der Waals surface area contributed by atoms with Crippen molar-refractivity contribution in [2.24, 2.45) is 0 Å². The molecule has 0 radical (unpaired) electrons. The average molecular weight is 372 g/mol. The third kappa shape index (κ3) is 4.50. The van der Waals surface area contributed by atoms with Crippen LogP contribution in [-0.2, 0) is 0 Å². The number of benzene rings is 1. The van der Waals surface area contributed by atoms with Gasteiger partial charge in [-0.05, 0) is 32.2 Å². The largest absolute Gasteiger partial charge is 0.474 e. The van der Waals surface area contributed by atoms with E-state index in [4.69, 9.17) is 27.9 Å². The van der Waals surface area contributed by atoms with Crippen molar-refractivity contribution in [1.29, 1.82) is 0 Å². The first-order chi connectivity index (χ1) is 10.9. The number of hydrogen-bond donors (Lipinski definition) is 1. The maximum Gasteiger partial charge on any atom is 0.262 e. The lowest BCUT2D eigenvalue weighted by Crippen LogP contribution is -2.18. The number of carbonyl (C=O) groups excluding carboxylic acids is 1. The molecule has 5 nitrogen and oxygen atoms in total. The lowest BCUT2D eigenvalue weighted by atomic mass is 10.2. The van der Waals surface area contributed by atoms with E-state index in [0.717, 1.165) is 0 Å². The normalized spacial score (nSPS) is 10.7. The minimum Gasteiger partial charge on any atom is -0.474 e. The smallest absolute Gasteiger partial charge is 0.262 e. The Morgan fingerprint density at radius 2 is 1.96 bits per heavy atom. The molecular formula is C15H15Cl2N3O2S. The summed E-state index contributed by atoms with van der Waals surface area (Å²) in [7, 11) is 0. The Labute approximate surface area is 148 Å². The number of hydrogen-bond acceptors (Lipinski definition) is 5. The Morgan fingerprint density at radius 1 is 1.30 bits per heavy atom. The summed E-state index contributed by atoms with van der Waals surface area (Å²) in [6.45, 7) is 3.71. The number of halogens is 2. The summed E-state index contributed by atoms with van der Waals surface area (Å²) in [6, 6.07) is 4.98. The molecule has 23 heavy (non-hydrogen) atoms. The van der Waals surface area contributed by atoms with Gasteiger partial charge < -0.3 is 10.1 Å². The third-order valence-electron chi connectivity index (χ3n) is 2.71. The van der Waals surface area contributed by atoms with Gasteiger partial charge in [-0.15, -0.1) is 0 Å². The SMILES string of the molecule is CSc1ncc(C(=O)Nc2c(Cl)cccc2Cl)c(OC(C)C)n1. The first-order valence-electron chi connectivity index (χ1n) is 6.75. The lowest BCUT2D eigenvalue weighted by molar-refractivity contribution is 0.101. The van der Waals surface area contributed by atoms with Crippen LogP contribution in [0.3, 0.4) is 0 Å². The predicted octanol–water partition coefficient (Wildman–Crippen LogP) is 4.54. The van der Waals surface area contributed by atoms with E-state index in [-0.39, 0.29) is 17.5 Å². The molecule has 1 aromatic carbocycles. The number of aromatic nitrogens is 2. The molecule has 1 aromatic heterocycles. The Morgan fingerprint density at radius 3 is 2.52 bits per heavy atom. The number of amides is 1. The molecule has 0 aliphatic heterocycles. The van der Waals surface area contributed by atoms with Gasteiger partial charge in [0.2, 0.25) is 5.88 Å². The molecule has 0 aliphatic carbocycles. The van der Waals surface area contributed by atoms with E-state index in [1.54, 1.807) is 18.2 Å². The molecule has 0 fully saturated rings. The lowest BCUT2D eigenvalue weighted by Gasteiger charge is -2.14. The number of anilines is 1. The summed E-state index contributed by atoms with van der Waals surface area (Å²) in [5.74, 6) is -0.219. The van der Waals surface area contributed by atoms with Crippen LogP contribution < -0.4 is 10.1 Å². The van der Waals surface area contributed by atoms with E-state index in [1.807, 2.05) is 20.1 Å². The van der Waals surface area contributed by atoms with Crippen molar-refractivity contribution < 1.29 is 9.53 Å². The highest BCUT2D eigenvalue weighted by Crippen LogP contribution is 2.31. The second-order valence-corrected chi connectivity index (χ2v) is 6.38.